The van der Waals surface area contributed by atoms with Crippen LogP contribution in [0, 0.1) is 11.6 Å². The van der Waals surface area contributed by atoms with Gasteiger partial charge in [-0.25, -0.2) is 19.1 Å². The molecule has 0 aliphatic rings. The van der Waals surface area contributed by atoms with Crippen LogP contribution in [0.5, 0.6) is 0 Å². The van der Waals surface area contributed by atoms with Crippen LogP contribution in [-0.2, 0) is 4.84 Å². The molecule has 0 radical (unpaired) electrons. The molecule has 0 saturated carbocycles. The number of hydrogen-bond donors (Lipinski definition) is 1. The molecule has 1 rings (SSSR count). The van der Waals surface area contributed by atoms with E-state index < -0.39 is 23.6 Å². The highest BCUT2D eigenvalue weighted by atomic mass is 35.5. The van der Waals surface area contributed by atoms with Gasteiger partial charge in [-0.05, 0) is 6.07 Å². The highest BCUT2D eigenvalue weighted by molar-refractivity contribution is 5.85. The summed E-state index contributed by atoms with van der Waals surface area (Å²) in [5.41, 5.74) is -0.544. The van der Waals surface area contributed by atoms with Gasteiger partial charge < -0.3 is 0 Å². The molecule has 0 heterocycles. The Morgan fingerprint density at radius 2 is 1.92 bits per heavy atom. The third kappa shape index (κ3) is 2.58. The van der Waals surface area contributed by atoms with Crippen molar-refractivity contribution in [2.75, 3.05) is 0 Å². The molecule has 0 spiro atoms. The van der Waals surface area contributed by atoms with Gasteiger partial charge in [-0.3, -0.25) is 4.84 Å². The van der Waals surface area contributed by atoms with E-state index in [1.54, 1.807) is 0 Å². The Morgan fingerprint density at radius 1 is 1.31 bits per heavy atom. The van der Waals surface area contributed by atoms with Crippen LogP contribution >= 0.6 is 12.4 Å². The SMILES string of the molecule is Cl.NOC(F)c1cccc(F)c1F. The smallest absolute Gasteiger partial charge is 0.245 e. The van der Waals surface area contributed by atoms with Crippen LogP contribution in [0.2, 0.25) is 0 Å². The maximum atomic E-state index is 12.7. The zero-order valence-electron chi connectivity index (χ0n) is 6.34. The number of rotatable bonds is 2. The van der Waals surface area contributed by atoms with Crippen molar-refractivity contribution in [1.82, 2.24) is 0 Å². The van der Waals surface area contributed by atoms with E-state index in [9.17, 15) is 13.2 Å². The van der Waals surface area contributed by atoms with Gasteiger partial charge in [0.2, 0.25) is 6.36 Å². The van der Waals surface area contributed by atoms with Gasteiger partial charge in [0.15, 0.2) is 11.6 Å². The number of halogens is 4. The first-order valence-corrected chi connectivity index (χ1v) is 3.10. The van der Waals surface area contributed by atoms with E-state index in [2.05, 4.69) is 10.7 Å². The molecule has 0 aliphatic heterocycles. The number of benzene rings is 1. The molecule has 1 unspecified atom stereocenters. The van der Waals surface area contributed by atoms with Crippen LogP contribution < -0.4 is 5.90 Å². The van der Waals surface area contributed by atoms with E-state index in [-0.39, 0.29) is 12.4 Å². The summed E-state index contributed by atoms with van der Waals surface area (Å²) in [5, 5.41) is 0. The molecule has 13 heavy (non-hydrogen) atoms. The first-order chi connectivity index (χ1) is 5.66. The number of alkyl halides is 1. The number of nitrogens with two attached hydrogens (primary N) is 1. The normalized spacial score (nSPS) is 12.0. The number of hydrogen-bond acceptors (Lipinski definition) is 2. The second-order valence-electron chi connectivity index (χ2n) is 2.10. The summed E-state index contributed by atoms with van der Waals surface area (Å²) < 4.78 is 37.7. The molecular formula is C7H7ClF3NO. The molecule has 0 fully saturated rings. The van der Waals surface area contributed by atoms with Crippen LogP contribution in [0.3, 0.4) is 0 Å². The molecule has 0 aromatic heterocycles. The molecule has 0 bridgehead atoms. The molecule has 74 valence electrons. The maximum absolute atomic E-state index is 12.7. The molecular weight excluding hydrogens is 207 g/mol. The monoisotopic (exact) mass is 213 g/mol. The van der Waals surface area contributed by atoms with Gasteiger partial charge in [-0.15, -0.1) is 12.4 Å². The molecule has 0 aliphatic carbocycles. The molecule has 0 amide bonds. The van der Waals surface area contributed by atoms with Crippen molar-refractivity contribution in [2.24, 2.45) is 5.90 Å². The van der Waals surface area contributed by atoms with Gasteiger partial charge in [0.1, 0.15) is 0 Å². The third-order valence-electron chi connectivity index (χ3n) is 1.35. The maximum Gasteiger partial charge on any atom is 0.245 e. The van der Waals surface area contributed by atoms with Gasteiger partial charge in [-0.1, -0.05) is 12.1 Å². The minimum atomic E-state index is -2.14. The van der Waals surface area contributed by atoms with Crippen LogP contribution in [0.15, 0.2) is 18.2 Å². The molecule has 1 aromatic rings. The average Bonchev–Trinajstić information content (AvgIpc) is 2.08. The van der Waals surface area contributed by atoms with Gasteiger partial charge in [0, 0.05) is 0 Å². The lowest BCUT2D eigenvalue weighted by atomic mass is 10.2. The largest absolute Gasteiger partial charge is 0.262 e. The summed E-state index contributed by atoms with van der Waals surface area (Å²) in [7, 11) is 0. The average molecular weight is 214 g/mol. The first-order valence-electron chi connectivity index (χ1n) is 3.10. The summed E-state index contributed by atoms with van der Waals surface area (Å²) in [5.74, 6) is 2.04. The van der Waals surface area contributed by atoms with Crippen molar-refractivity contribution in [1.29, 1.82) is 0 Å². The van der Waals surface area contributed by atoms with Crippen molar-refractivity contribution in [3.05, 3.63) is 35.4 Å². The lowest BCUT2D eigenvalue weighted by Gasteiger charge is -2.06. The van der Waals surface area contributed by atoms with Crippen LogP contribution in [0.4, 0.5) is 13.2 Å². The molecule has 2 nitrogen and oxygen atoms in total. The Balaban J connectivity index is 0.00000144. The summed E-state index contributed by atoms with van der Waals surface area (Å²) in [4.78, 5) is 3.70. The Kier molecular flexibility index (Phi) is 4.76. The summed E-state index contributed by atoms with van der Waals surface area (Å²) in [6, 6.07) is 3.09. The Labute approximate surface area is 78.9 Å². The van der Waals surface area contributed by atoms with Crippen LogP contribution in [0.1, 0.15) is 11.9 Å². The second kappa shape index (κ2) is 5.06. The highest BCUT2D eigenvalue weighted by Crippen LogP contribution is 2.21. The summed E-state index contributed by atoms with van der Waals surface area (Å²) in [6.45, 7) is 0. The second-order valence-corrected chi connectivity index (χ2v) is 2.10. The van der Waals surface area contributed by atoms with Crippen molar-refractivity contribution < 1.29 is 18.0 Å². The predicted molar refractivity (Wildman–Crippen MR) is 42.7 cm³/mol. The first kappa shape index (κ1) is 12.2. The van der Waals surface area contributed by atoms with E-state index >= 15 is 0 Å². The highest BCUT2D eigenvalue weighted by Gasteiger charge is 2.16. The van der Waals surface area contributed by atoms with E-state index in [0.717, 1.165) is 12.1 Å². The van der Waals surface area contributed by atoms with E-state index in [1.807, 2.05) is 0 Å². The molecule has 1 aromatic carbocycles. The summed E-state index contributed by atoms with van der Waals surface area (Å²) >= 11 is 0. The quantitative estimate of drug-likeness (QED) is 0.765. The fourth-order valence-corrected chi connectivity index (χ4v) is 0.769. The van der Waals surface area contributed by atoms with Crippen molar-refractivity contribution in [3.63, 3.8) is 0 Å². The molecule has 1 atom stereocenters. The fourth-order valence-electron chi connectivity index (χ4n) is 0.769. The third-order valence-corrected chi connectivity index (χ3v) is 1.35. The van der Waals surface area contributed by atoms with Crippen LogP contribution in [0.25, 0.3) is 0 Å². The van der Waals surface area contributed by atoms with E-state index in [0.29, 0.717) is 0 Å². The summed E-state index contributed by atoms with van der Waals surface area (Å²) in [6.07, 6.45) is -2.14. The minimum absolute atomic E-state index is 0. The van der Waals surface area contributed by atoms with E-state index in [1.165, 1.54) is 6.07 Å². The van der Waals surface area contributed by atoms with Gasteiger partial charge in [0.05, 0.1) is 5.56 Å². The van der Waals surface area contributed by atoms with Gasteiger partial charge in [-0.2, -0.15) is 0 Å². The lowest BCUT2D eigenvalue weighted by Crippen LogP contribution is -2.06. The zero-order chi connectivity index (χ0) is 9.14. The van der Waals surface area contributed by atoms with Gasteiger partial charge >= 0.3 is 0 Å². The van der Waals surface area contributed by atoms with Crippen molar-refractivity contribution in [2.45, 2.75) is 6.36 Å². The molecule has 0 saturated heterocycles. The molecule has 6 heteroatoms. The Hall–Kier alpha value is -0.780. The fraction of sp³-hybridized carbons (Fsp3) is 0.143. The Morgan fingerprint density at radius 3 is 2.46 bits per heavy atom. The van der Waals surface area contributed by atoms with E-state index in [4.69, 9.17) is 0 Å². The predicted octanol–water partition coefficient (Wildman–Crippen LogP) is 2.25. The lowest BCUT2D eigenvalue weighted by molar-refractivity contribution is -0.0456. The zero-order valence-corrected chi connectivity index (χ0v) is 7.15. The Bertz CT molecular complexity index is 284. The minimum Gasteiger partial charge on any atom is -0.262 e. The van der Waals surface area contributed by atoms with Crippen molar-refractivity contribution in [3.8, 4) is 0 Å². The van der Waals surface area contributed by atoms with Crippen LogP contribution in [-0.4, -0.2) is 0 Å². The van der Waals surface area contributed by atoms with Crippen molar-refractivity contribution >= 4 is 12.4 Å². The standard InChI is InChI=1S/C7H6F3NO.ClH/c8-5-3-1-2-4(6(5)9)7(10)12-11;/h1-3,7H,11H2;1H. The topological polar surface area (TPSA) is 35.2 Å². The van der Waals surface area contributed by atoms with Gasteiger partial charge in [0.25, 0.3) is 0 Å². The molecule has 2 N–H and O–H groups in total.